The van der Waals surface area contributed by atoms with Gasteiger partial charge in [0, 0.05) is 33.9 Å². The van der Waals surface area contributed by atoms with Crippen molar-refractivity contribution < 1.29 is 0 Å². The van der Waals surface area contributed by atoms with Gasteiger partial charge in [0.2, 0.25) is 0 Å². The highest BCUT2D eigenvalue weighted by molar-refractivity contribution is 6.20. The van der Waals surface area contributed by atoms with E-state index in [1.165, 1.54) is 87.6 Å². The lowest BCUT2D eigenvalue weighted by atomic mass is 9.96. The Morgan fingerprint density at radius 2 is 0.898 bits per heavy atom. The summed E-state index contributed by atoms with van der Waals surface area (Å²) in [6, 6.07) is 62.1. The Kier molecular flexibility index (Phi) is 6.22. The molecule has 0 bridgehead atoms. The number of rotatable bonds is 4. The zero-order chi connectivity index (χ0) is 32.3. The van der Waals surface area contributed by atoms with Gasteiger partial charge >= 0.3 is 0 Å². The summed E-state index contributed by atoms with van der Waals surface area (Å²) in [5.41, 5.74) is 10.9. The molecule has 0 aliphatic carbocycles. The molecule has 0 spiro atoms. The molecule has 0 fully saturated rings. The summed E-state index contributed by atoms with van der Waals surface area (Å²) in [7, 11) is 0. The minimum atomic E-state index is 1.16. The Balaban J connectivity index is 1.18. The van der Waals surface area contributed by atoms with Gasteiger partial charge in [0.15, 0.2) is 0 Å². The van der Waals surface area contributed by atoms with Crippen molar-refractivity contribution in [2.75, 3.05) is 0 Å². The van der Waals surface area contributed by atoms with E-state index in [-0.39, 0.29) is 0 Å². The van der Waals surface area contributed by atoms with Crippen molar-refractivity contribution in [1.29, 1.82) is 0 Å². The van der Waals surface area contributed by atoms with Gasteiger partial charge < -0.3 is 4.57 Å². The molecule has 8 aromatic carbocycles. The fourth-order valence-electron chi connectivity index (χ4n) is 7.63. The van der Waals surface area contributed by atoms with Crippen LogP contribution in [0.4, 0.5) is 0 Å². The maximum Gasteiger partial charge on any atom is 0.0619 e. The number of nitrogens with zero attached hydrogens (tertiary/aromatic N) is 2. The molecule has 0 amide bonds. The van der Waals surface area contributed by atoms with E-state index >= 15 is 0 Å². The first-order chi connectivity index (χ1) is 24.3. The van der Waals surface area contributed by atoms with Crippen LogP contribution in [-0.4, -0.2) is 9.55 Å². The molecule has 0 saturated heterocycles. The Bertz CT molecular complexity index is 2860. The summed E-state index contributed by atoms with van der Waals surface area (Å²) in [5, 5.41) is 9.92. The van der Waals surface area contributed by atoms with E-state index in [9.17, 15) is 0 Å². The van der Waals surface area contributed by atoms with Crippen LogP contribution >= 0.6 is 0 Å². The van der Waals surface area contributed by atoms with Gasteiger partial charge in [-0.2, -0.15) is 0 Å². The predicted molar refractivity (Wildman–Crippen MR) is 207 cm³/mol. The molecule has 0 radical (unpaired) electrons. The Labute approximate surface area is 284 Å². The van der Waals surface area contributed by atoms with E-state index in [1.807, 2.05) is 12.4 Å². The van der Waals surface area contributed by atoms with Crippen molar-refractivity contribution in [3.63, 3.8) is 0 Å². The quantitative estimate of drug-likeness (QED) is 0.191. The number of pyridine rings is 1. The van der Waals surface area contributed by atoms with Gasteiger partial charge in [-0.3, -0.25) is 4.98 Å². The van der Waals surface area contributed by atoms with Crippen LogP contribution in [0, 0.1) is 0 Å². The number of hydrogen-bond acceptors (Lipinski definition) is 1. The molecule has 0 aliphatic heterocycles. The van der Waals surface area contributed by atoms with Gasteiger partial charge in [0.05, 0.1) is 16.7 Å². The van der Waals surface area contributed by atoms with Gasteiger partial charge in [-0.25, -0.2) is 0 Å². The van der Waals surface area contributed by atoms with Crippen molar-refractivity contribution in [1.82, 2.24) is 9.55 Å². The molecule has 10 aromatic rings. The minimum Gasteiger partial charge on any atom is -0.308 e. The fraction of sp³-hybridized carbons (Fsp3) is 0. The molecule has 0 aliphatic rings. The zero-order valence-corrected chi connectivity index (χ0v) is 26.7. The Hall–Kier alpha value is -6.51. The van der Waals surface area contributed by atoms with Gasteiger partial charge in [-0.1, -0.05) is 127 Å². The smallest absolute Gasteiger partial charge is 0.0619 e. The normalized spacial score (nSPS) is 11.7. The molecular formula is C47H30N2. The van der Waals surface area contributed by atoms with Gasteiger partial charge in [-0.15, -0.1) is 0 Å². The van der Waals surface area contributed by atoms with E-state index in [0.29, 0.717) is 0 Å². The maximum atomic E-state index is 4.25. The highest BCUT2D eigenvalue weighted by Crippen LogP contribution is 2.41. The summed E-state index contributed by atoms with van der Waals surface area (Å²) in [6.07, 6.45) is 3.73. The highest BCUT2D eigenvalue weighted by atomic mass is 15.0. The molecule has 2 aromatic heterocycles. The molecule has 0 N–H and O–H groups in total. The van der Waals surface area contributed by atoms with Gasteiger partial charge in [0.1, 0.15) is 0 Å². The minimum absolute atomic E-state index is 1.16. The SMILES string of the molecule is c1ccc(-c2ccc3cc(-c4ccc5c(ccc6c7ccc(-c8ccncc8)cc7n(-c7cccc8ccccc78)c56)c4)ccc3c2)cc1. The van der Waals surface area contributed by atoms with E-state index < -0.39 is 0 Å². The van der Waals surface area contributed by atoms with Crippen LogP contribution in [0.3, 0.4) is 0 Å². The Morgan fingerprint density at radius 1 is 0.327 bits per heavy atom. The molecule has 0 unspecified atom stereocenters. The molecule has 0 saturated carbocycles. The van der Waals surface area contributed by atoms with Crippen molar-refractivity contribution >= 4 is 54.1 Å². The third-order valence-electron chi connectivity index (χ3n) is 10.0. The van der Waals surface area contributed by atoms with Crippen LogP contribution in [0.2, 0.25) is 0 Å². The predicted octanol–water partition coefficient (Wildman–Crippen LogP) is 12.6. The van der Waals surface area contributed by atoms with Crippen LogP contribution in [-0.2, 0) is 0 Å². The van der Waals surface area contributed by atoms with Crippen molar-refractivity contribution in [2.45, 2.75) is 0 Å². The third-order valence-corrected chi connectivity index (χ3v) is 10.0. The van der Waals surface area contributed by atoms with Crippen molar-refractivity contribution in [3.05, 3.63) is 182 Å². The number of benzene rings is 8. The van der Waals surface area contributed by atoms with E-state index in [2.05, 4.69) is 179 Å². The first kappa shape index (κ1) is 27.6. The van der Waals surface area contributed by atoms with Crippen LogP contribution in [0.25, 0.3) is 93.2 Å². The molecule has 0 atom stereocenters. The lowest BCUT2D eigenvalue weighted by Gasteiger charge is -2.14. The Morgan fingerprint density at radius 3 is 1.69 bits per heavy atom. The molecule has 228 valence electrons. The largest absolute Gasteiger partial charge is 0.308 e. The van der Waals surface area contributed by atoms with Crippen LogP contribution < -0.4 is 0 Å². The molecule has 2 heterocycles. The average Bonchev–Trinajstić information content (AvgIpc) is 3.51. The molecular weight excluding hydrogens is 593 g/mol. The summed E-state index contributed by atoms with van der Waals surface area (Å²) in [6.45, 7) is 0. The summed E-state index contributed by atoms with van der Waals surface area (Å²) >= 11 is 0. The third kappa shape index (κ3) is 4.53. The lowest BCUT2D eigenvalue weighted by Crippen LogP contribution is -1.96. The number of aromatic nitrogens is 2. The van der Waals surface area contributed by atoms with Crippen LogP contribution in [0.5, 0.6) is 0 Å². The van der Waals surface area contributed by atoms with Crippen LogP contribution in [0.1, 0.15) is 0 Å². The van der Waals surface area contributed by atoms with Crippen molar-refractivity contribution in [2.24, 2.45) is 0 Å². The van der Waals surface area contributed by atoms with E-state index in [1.54, 1.807) is 0 Å². The average molecular weight is 623 g/mol. The molecule has 49 heavy (non-hydrogen) atoms. The summed E-state index contributed by atoms with van der Waals surface area (Å²) in [4.78, 5) is 4.25. The molecule has 10 rings (SSSR count). The summed E-state index contributed by atoms with van der Waals surface area (Å²) < 4.78 is 2.49. The van der Waals surface area contributed by atoms with Gasteiger partial charge in [-0.05, 0) is 97.4 Å². The fourth-order valence-corrected chi connectivity index (χ4v) is 7.63. The summed E-state index contributed by atoms with van der Waals surface area (Å²) in [5.74, 6) is 0. The first-order valence-electron chi connectivity index (χ1n) is 16.8. The number of fused-ring (bicyclic) bond motifs is 7. The highest BCUT2D eigenvalue weighted by Gasteiger charge is 2.18. The molecule has 2 nitrogen and oxygen atoms in total. The lowest BCUT2D eigenvalue weighted by molar-refractivity contribution is 1.20. The standard InChI is InChI=1S/C47H30N2/c1-2-7-31(8-3-1)34-13-14-36-28-37(16-15-35(36)27-34)38-17-20-42-40(29-38)19-22-44-43-21-18-39(32-23-25-48-26-24-32)30-46(43)49(47(42)44)45-12-6-10-33-9-4-5-11-41(33)45/h1-30H. The van der Waals surface area contributed by atoms with E-state index in [0.717, 1.165) is 5.56 Å². The molecule has 2 heteroatoms. The van der Waals surface area contributed by atoms with E-state index in [4.69, 9.17) is 0 Å². The van der Waals surface area contributed by atoms with Crippen LogP contribution in [0.15, 0.2) is 182 Å². The second-order valence-corrected chi connectivity index (χ2v) is 12.8. The zero-order valence-electron chi connectivity index (χ0n) is 26.7. The van der Waals surface area contributed by atoms with Crippen molar-refractivity contribution in [3.8, 4) is 39.1 Å². The topological polar surface area (TPSA) is 17.8 Å². The maximum absolute atomic E-state index is 4.25. The monoisotopic (exact) mass is 622 g/mol. The van der Waals surface area contributed by atoms with Gasteiger partial charge in [0.25, 0.3) is 0 Å². The number of hydrogen-bond donors (Lipinski definition) is 0. The second kappa shape index (κ2) is 11.0. The first-order valence-corrected chi connectivity index (χ1v) is 16.8. The second-order valence-electron chi connectivity index (χ2n) is 12.8.